The summed E-state index contributed by atoms with van der Waals surface area (Å²) < 4.78 is 10.3. The highest BCUT2D eigenvalue weighted by molar-refractivity contribution is 6.10. The average Bonchev–Trinajstić information content (AvgIpc) is 2.83. The first kappa shape index (κ1) is 10.5. The maximum atomic E-state index is 12.1. The third kappa shape index (κ3) is 1.98. The van der Waals surface area contributed by atoms with Crippen molar-refractivity contribution in [1.82, 2.24) is 0 Å². The van der Waals surface area contributed by atoms with Crippen molar-refractivity contribution in [1.29, 1.82) is 0 Å². The van der Waals surface area contributed by atoms with E-state index in [4.69, 9.17) is 9.15 Å². The Kier molecular flexibility index (Phi) is 3.05. The van der Waals surface area contributed by atoms with Crippen molar-refractivity contribution in [3.05, 3.63) is 54.0 Å². The van der Waals surface area contributed by atoms with Gasteiger partial charge in [-0.1, -0.05) is 12.1 Å². The van der Waals surface area contributed by atoms with Crippen LogP contribution in [0, 0.1) is 0 Å². The van der Waals surface area contributed by atoms with E-state index < -0.39 is 0 Å². The van der Waals surface area contributed by atoms with E-state index >= 15 is 0 Å². The molecule has 16 heavy (non-hydrogen) atoms. The predicted molar refractivity (Wildman–Crippen MR) is 59.8 cm³/mol. The second-order valence-corrected chi connectivity index (χ2v) is 3.27. The van der Waals surface area contributed by atoms with E-state index in [2.05, 4.69) is 0 Å². The van der Waals surface area contributed by atoms with Crippen LogP contribution in [0.1, 0.15) is 22.8 Å². The summed E-state index contributed by atoms with van der Waals surface area (Å²) in [6.07, 6.45) is 2.92. The molecule has 0 aliphatic heterocycles. The molecule has 0 saturated heterocycles. The summed E-state index contributed by atoms with van der Waals surface area (Å²) in [6.45, 7) is 2.43. The molecule has 0 unspecified atom stereocenters. The highest BCUT2D eigenvalue weighted by Crippen LogP contribution is 2.21. The molecule has 82 valence electrons. The molecule has 3 heteroatoms. The number of ether oxygens (including phenoxy) is 1. The first-order chi connectivity index (χ1) is 7.83. The molecule has 0 saturated carbocycles. The third-order valence-corrected chi connectivity index (χ3v) is 2.21. The molecule has 1 heterocycles. The van der Waals surface area contributed by atoms with E-state index in [1.165, 1.54) is 12.5 Å². The number of hydrogen-bond acceptors (Lipinski definition) is 3. The van der Waals surface area contributed by atoms with Gasteiger partial charge in [0.2, 0.25) is 0 Å². The summed E-state index contributed by atoms with van der Waals surface area (Å²) >= 11 is 0. The molecule has 2 rings (SSSR count). The van der Waals surface area contributed by atoms with Gasteiger partial charge in [0.15, 0.2) is 5.78 Å². The predicted octanol–water partition coefficient (Wildman–Crippen LogP) is 2.91. The van der Waals surface area contributed by atoms with Crippen LogP contribution in [0.25, 0.3) is 0 Å². The normalized spacial score (nSPS) is 10.1. The van der Waals surface area contributed by atoms with Crippen molar-refractivity contribution in [2.24, 2.45) is 0 Å². The van der Waals surface area contributed by atoms with Crippen LogP contribution in [0.15, 0.2) is 47.3 Å². The minimum Gasteiger partial charge on any atom is -0.493 e. The van der Waals surface area contributed by atoms with Gasteiger partial charge in [0.05, 0.1) is 24.0 Å². The maximum absolute atomic E-state index is 12.1. The van der Waals surface area contributed by atoms with Crippen molar-refractivity contribution in [3.8, 4) is 5.75 Å². The zero-order valence-electron chi connectivity index (χ0n) is 8.97. The van der Waals surface area contributed by atoms with Crippen LogP contribution in [-0.2, 0) is 0 Å². The van der Waals surface area contributed by atoms with Crippen molar-refractivity contribution in [2.75, 3.05) is 6.61 Å². The minimum absolute atomic E-state index is 0.0854. The number of furan rings is 1. The summed E-state index contributed by atoms with van der Waals surface area (Å²) in [5, 5.41) is 0. The Morgan fingerprint density at radius 1 is 1.31 bits per heavy atom. The molecule has 0 amide bonds. The lowest BCUT2D eigenvalue weighted by molar-refractivity contribution is 0.103. The SMILES string of the molecule is CCOc1ccccc1C(=O)c1ccoc1. The maximum Gasteiger partial charge on any atom is 0.199 e. The molecule has 0 spiro atoms. The van der Waals surface area contributed by atoms with Gasteiger partial charge in [-0.05, 0) is 25.1 Å². The minimum atomic E-state index is -0.0854. The van der Waals surface area contributed by atoms with Gasteiger partial charge in [0, 0.05) is 0 Å². The van der Waals surface area contributed by atoms with Crippen molar-refractivity contribution >= 4 is 5.78 Å². The van der Waals surface area contributed by atoms with Crippen LogP contribution < -0.4 is 4.74 Å². The van der Waals surface area contributed by atoms with Gasteiger partial charge >= 0.3 is 0 Å². The van der Waals surface area contributed by atoms with Crippen LogP contribution >= 0.6 is 0 Å². The highest BCUT2D eigenvalue weighted by Gasteiger charge is 2.14. The monoisotopic (exact) mass is 216 g/mol. The number of rotatable bonds is 4. The molecule has 2 aromatic rings. The van der Waals surface area contributed by atoms with Gasteiger partial charge in [-0.2, -0.15) is 0 Å². The fourth-order valence-corrected chi connectivity index (χ4v) is 1.48. The smallest absolute Gasteiger partial charge is 0.199 e. The van der Waals surface area contributed by atoms with E-state index in [1.807, 2.05) is 19.1 Å². The lowest BCUT2D eigenvalue weighted by atomic mass is 10.1. The van der Waals surface area contributed by atoms with E-state index in [-0.39, 0.29) is 5.78 Å². The van der Waals surface area contributed by atoms with Crippen LogP contribution in [0.4, 0.5) is 0 Å². The summed E-state index contributed by atoms with van der Waals surface area (Å²) in [7, 11) is 0. The van der Waals surface area contributed by atoms with E-state index in [0.29, 0.717) is 23.5 Å². The number of carbonyl (C=O) groups is 1. The number of carbonyl (C=O) groups excluding carboxylic acids is 1. The van der Waals surface area contributed by atoms with E-state index in [0.717, 1.165) is 0 Å². The lowest BCUT2D eigenvalue weighted by Crippen LogP contribution is -2.04. The Morgan fingerprint density at radius 3 is 2.81 bits per heavy atom. The zero-order chi connectivity index (χ0) is 11.4. The van der Waals surface area contributed by atoms with E-state index in [1.54, 1.807) is 18.2 Å². The van der Waals surface area contributed by atoms with Crippen molar-refractivity contribution in [3.63, 3.8) is 0 Å². The molecule has 0 aliphatic rings. The van der Waals surface area contributed by atoms with Gasteiger partial charge in [-0.15, -0.1) is 0 Å². The number of ketones is 1. The number of hydrogen-bond donors (Lipinski definition) is 0. The van der Waals surface area contributed by atoms with Crippen molar-refractivity contribution < 1.29 is 13.9 Å². The van der Waals surface area contributed by atoms with Crippen LogP contribution in [0.3, 0.4) is 0 Å². The average molecular weight is 216 g/mol. The Labute approximate surface area is 93.7 Å². The largest absolute Gasteiger partial charge is 0.493 e. The molecule has 0 atom stereocenters. The Hall–Kier alpha value is -2.03. The summed E-state index contributed by atoms with van der Waals surface area (Å²) in [6, 6.07) is 8.84. The lowest BCUT2D eigenvalue weighted by Gasteiger charge is -2.07. The van der Waals surface area contributed by atoms with E-state index in [9.17, 15) is 4.79 Å². The zero-order valence-corrected chi connectivity index (χ0v) is 8.97. The molecule has 0 bridgehead atoms. The van der Waals surface area contributed by atoms with Crippen LogP contribution in [-0.4, -0.2) is 12.4 Å². The second-order valence-electron chi connectivity index (χ2n) is 3.27. The molecule has 1 aromatic carbocycles. The molecule has 0 fully saturated rings. The Balaban J connectivity index is 2.36. The van der Waals surface area contributed by atoms with Gasteiger partial charge < -0.3 is 9.15 Å². The van der Waals surface area contributed by atoms with Gasteiger partial charge in [-0.25, -0.2) is 0 Å². The summed E-state index contributed by atoms with van der Waals surface area (Å²) in [5.41, 5.74) is 1.10. The Bertz CT molecular complexity index is 472. The molecule has 3 nitrogen and oxygen atoms in total. The third-order valence-electron chi connectivity index (χ3n) is 2.21. The molecule has 0 aliphatic carbocycles. The summed E-state index contributed by atoms with van der Waals surface area (Å²) in [5.74, 6) is 0.522. The standard InChI is InChI=1S/C13H12O3/c1-2-16-12-6-4-3-5-11(12)13(14)10-7-8-15-9-10/h3-9H,2H2,1H3. The van der Waals surface area contributed by atoms with Crippen molar-refractivity contribution in [2.45, 2.75) is 6.92 Å². The molecule has 0 radical (unpaired) electrons. The second kappa shape index (κ2) is 4.66. The molecular formula is C13H12O3. The number of benzene rings is 1. The van der Waals surface area contributed by atoms with Gasteiger partial charge in [0.25, 0.3) is 0 Å². The number of para-hydroxylation sites is 1. The fraction of sp³-hybridized carbons (Fsp3) is 0.154. The molecule has 1 aromatic heterocycles. The van der Waals surface area contributed by atoms with Gasteiger partial charge in [0.1, 0.15) is 12.0 Å². The van der Waals surface area contributed by atoms with Crippen LogP contribution in [0.2, 0.25) is 0 Å². The fourth-order valence-electron chi connectivity index (χ4n) is 1.48. The quantitative estimate of drug-likeness (QED) is 0.737. The first-order valence-corrected chi connectivity index (χ1v) is 5.11. The van der Waals surface area contributed by atoms with Crippen LogP contribution in [0.5, 0.6) is 5.75 Å². The summed E-state index contributed by atoms with van der Waals surface area (Å²) in [4.78, 5) is 12.1. The Morgan fingerprint density at radius 2 is 2.12 bits per heavy atom. The topological polar surface area (TPSA) is 39.4 Å². The highest BCUT2D eigenvalue weighted by atomic mass is 16.5. The molecular weight excluding hydrogens is 204 g/mol. The molecule has 0 N–H and O–H groups in total. The first-order valence-electron chi connectivity index (χ1n) is 5.11. The van der Waals surface area contributed by atoms with Gasteiger partial charge in [-0.3, -0.25) is 4.79 Å².